The molecular weight excluding hydrogens is 314 g/mol. The monoisotopic (exact) mass is 335 g/mol. The molecule has 128 valence electrons. The number of aliphatic imine (C=N–C) groups is 1. The number of fused-ring (bicyclic) bond motifs is 1. The fraction of sp³-hybridized carbons (Fsp3) is 0.200. The lowest BCUT2D eigenvalue weighted by Gasteiger charge is -2.15. The predicted octanol–water partition coefficient (Wildman–Crippen LogP) is 2.88. The maximum Gasteiger partial charge on any atom is 0.280 e. The molecule has 2 aromatic rings. The molecule has 3 rings (SSSR count). The second-order valence-electron chi connectivity index (χ2n) is 5.92. The third kappa shape index (κ3) is 3.55. The van der Waals surface area contributed by atoms with Crippen LogP contribution in [-0.4, -0.2) is 19.0 Å². The van der Waals surface area contributed by atoms with E-state index in [2.05, 4.69) is 11.1 Å². The van der Waals surface area contributed by atoms with E-state index in [9.17, 15) is 4.79 Å². The zero-order valence-corrected chi connectivity index (χ0v) is 14.2. The van der Waals surface area contributed by atoms with Crippen molar-refractivity contribution in [2.75, 3.05) is 7.11 Å². The van der Waals surface area contributed by atoms with Crippen molar-refractivity contribution in [1.29, 1.82) is 0 Å². The van der Waals surface area contributed by atoms with Crippen LogP contribution in [0.4, 0.5) is 0 Å². The molecule has 0 spiro atoms. The summed E-state index contributed by atoms with van der Waals surface area (Å²) in [6, 6.07) is 13.5. The van der Waals surface area contributed by atoms with Crippen molar-refractivity contribution in [3.8, 4) is 5.75 Å². The molecule has 0 aromatic heterocycles. The van der Waals surface area contributed by atoms with Gasteiger partial charge in [-0.2, -0.15) is 4.99 Å². The van der Waals surface area contributed by atoms with Crippen LogP contribution in [0.25, 0.3) is 5.57 Å². The second kappa shape index (κ2) is 7.21. The van der Waals surface area contributed by atoms with E-state index in [0.29, 0.717) is 5.56 Å². The lowest BCUT2D eigenvalue weighted by Crippen LogP contribution is -2.24. The number of guanidine groups is 1. The Morgan fingerprint density at radius 1 is 1.12 bits per heavy atom. The van der Waals surface area contributed by atoms with Gasteiger partial charge in [0, 0.05) is 11.1 Å². The fourth-order valence-electron chi connectivity index (χ4n) is 3.13. The number of ether oxygens (including phenoxy) is 1. The van der Waals surface area contributed by atoms with Gasteiger partial charge in [-0.15, -0.1) is 0 Å². The molecule has 4 N–H and O–H groups in total. The molecule has 0 bridgehead atoms. The number of hydrogen-bond acceptors (Lipinski definition) is 2. The third-order valence-electron chi connectivity index (χ3n) is 4.27. The molecule has 0 aliphatic heterocycles. The van der Waals surface area contributed by atoms with Crippen LogP contribution >= 0.6 is 0 Å². The van der Waals surface area contributed by atoms with Gasteiger partial charge in [-0.05, 0) is 54.2 Å². The molecule has 1 amide bonds. The summed E-state index contributed by atoms with van der Waals surface area (Å²) in [7, 11) is 1.66. The molecule has 5 nitrogen and oxygen atoms in total. The number of rotatable bonds is 3. The third-order valence-corrected chi connectivity index (χ3v) is 4.27. The quantitative estimate of drug-likeness (QED) is 0.666. The number of carbonyl (C=O) groups is 1. The highest BCUT2D eigenvalue weighted by Crippen LogP contribution is 2.36. The van der Waals surface area contributed by atoms with Crippen LogP contribution in [0.2, 0.25) is 0 Å². The van der Waals surface area contributed by atoms with Crippen molar-refractivity contribution in [2.45, 2.75) is 19.3 Å². The fourth-order valence-corrected chi connectivity index (χ4v) is 3.13. The largest absolute Gasteiger partial charge is 0.496 e. The van der Waals surface area contributed by atoms with Gasteiger partial charge >= 0.3 is 0 Å². The van der Waals surface area contributed by atoms with Crippen molar-refractivity contribution in [3.05, 3.63) is 70.8 Å². The molecule has 0 atom stereocenters. The molecule has 0 radical (unpaired) electrons. The predicted molar refractivity (Wildman–Crippen MR) is 99.6 cm³/mol. The number of aryl methyl sites for hydroxylation is 1. The Balaban J connectivity index is 2.13. The standard InChI is InChI=1S/C20H21N3O2/c1-25-18-9-5-4-8-16(18)15-7-3-2-6-13-10-11-14(12-17(13)15)19(24)23-20(21)22/h4-5,7-12H,2-3,6H2,1H3,(H4,21,22,23,24). The first-order chi connectivity index (χ1) is 12.1. The summed E-state index contributed by atoms with van der Waals surface area (Å²) in [5.74, 6) is 0.134. The number of allylic oxidation sites excluding steroid dienone is 1. The van der Waals surface area contributed by atoms with E-state index >= 15 is 0 Å². The topological polar surface area (TPSA) is 90.7 Å². The van der Waals surface area contributed by atoms with Crippen LogP contribution in [-0.2, 0) is 6.42 Å². The molecule has 0 fully saturated rings. The number of para-hydroxylation sites is 1. The van der Waals surface area contributed by atoms with Gasteiger partial charge in [0.15, 0.2) is 5.96 Å². The van der Waals surface area contributed by atoms with Crippen LogP contribution in [0, 0.1) is 0 Å². The van der Waals surface area contributed by atoms with Crippen molar-refractivity contribution >= 4 is 17.4 Å². The van der Waals surface area contributed by atoms with E-state index in [0.717, 1.165) is 41.7 Å². The molecule has 5 heteroatoms. The van der Waals surface area contributed by atoms with E-state index in [1.165, 1.54) is 5.56 Å². The summed E-state index contributed by atoms with van der Waals surface area (Å²) < 4.78 is 5.52. The number of hydrogen-bond donors (Lipinski definition) is 2. The van der Waals surface area contributed by atoms with Gasteiger partial charge < -0.3 is 16.2 Å². The minimum Gasteiger partial charge on any atom is -0.496 e. The number of nitrogens with zero attached hydrogens (tertiary/aromatic N) is 1. The van der Waals surface area contributed by atoms with Gasteiger partial charge in [0.05, 0.1) is 7.11 Å². The minimum atomic E-state index is -0.438. The molecular formula is C20H21N3O2. The molecule has 0 saturated heterocycles. The van der Waals surface area contributed by atoms with Gasteiger partial charge in [-0.3, -0.25) is 4.79 Å². The maximum absolute atomic E-state index is 12.2. The van der Waals surface area contributed by atoms with Crippen LogP contribution in [0.5, 0.6) is 5.75 Å². The summed E-state index contributed by atoms with van der Waals surface area (Å²) in [6.45, 7) is 0. The van der Waals surface area contributed by atoms with Crippen LogP contribution in [0.3, 0.4) is 0 Å². The first-order valence-corrected chi connectivity index (χ1v) is 8.21. The number of methoxy groups -OCH3 is 1. The molecule has 0 saturated carbocycles. The van der Waals surface area contributed by atoms with Crippen molar-refractivity contribution in [1.82, 2.24) is 0 Å². The number of amides is 1. The average molecular weight is 335 g/mol. The SMILES string of the molecule is COc1ccccc1C1=CCCCc2ccc(C(=O)N=C(N)N)cc21. The van der Waals surface area contributed by atoms with E-state index in [1.807, 2.05) is 36.4 Å². The van der Waals surface area contributed by atoms with Crippen molar-refractivity contribution in [2.24, 2.45) is 16.5 Å². The van der Waals surface area contributed by atoms with Crippen LogP contribution in [0.1, 0.15) is 39.9 Å². The summed E-state index contributed by atoms with van der Waals surface area (Å²) in [6.07, 6.45) is 5.20. The molecule has 1 aliphatic carbocycles. The Hall–Kier alpha value is -3.08. The van der Waals surface area contributed by atoms with Gasteiger partial charge in [-0.1, -0.05) is 30.3 Å². The highest BCUT2D eigenvalue weighted by atomic mass is 16.5. The van der Waals surface area contributed by atoms with E-state index in [4.69, 9.17) is 16.2 Å². The zero-order valence-electron chi connectivity index (χ0n) is 14.2. The average Bonchev–Trinajstić information content (AvgIpc) is 2.82. The normalized spacial score (nSPS) is 13.2. The van der Waals surface area contributed by atoms with Gasteiger partial charge in [0.1, 0.15) is 5.75 Å². The van der Waals surface area contributed by atoms with Crippen molar-refractivity contribution < 1.29 is 9.53 Å². The van der Waals surface area contributed by atoms with Crippen LogP contribution in [0.15, 0.2) is 53.5 Å². The Morgan fingerprint density at radius 3 is 2.68 bits per heavy atom. The number of carbonyl (C=O) groups excluding carboxylic acids is 1. The summed E-state index contributed by atoms with van der Waals surface area (Å²) in [5, 5.41) is 0. The number of benzene rings is 2. The summed E-state index contributed by atoms with van der Waals surface area (Å²) >= 11 is 0. The van der Waals surface area contributed by atoms with E-state index in [1.54, 1.807) is 13.2 Å². The summed E-state index contributed by atoms with van der Waals surface area (Å²) in [4.78, 5) is 15.8. The molecule has 25 heavy (non-hydrogen) atoms. The van der Waals surface area contributed by atoms with Gasteiger partial charge in [0.25, 0.3) is 5.91 Å². The van der Waals surface area contributed by atoms with Gasteiger partial charge in [-0.25, -0.2) is 0 Å². The molecule has 2 aromatic carbocycles. The Bertz CT molecular complexity index is 865. The summed E-state index contributed by atoms with van der Waals surface area (Å²) in [5.41, 5.74) is 15.4. The lowest BCUT2D eigenvalue weighted by atomic mass is 9.91. The van der Waals surface area contributed by atoms with E-state index < -0.39 is 5.91 Å². The first kappa shape index (κ1) is 16.8. The van der Waals surface area contributed by atoms with Crippen molar-refractivity contribution in [3.63, 3.8) is 0 Å². The maximum atomic E-state index is 12.2. The molecule has 1 aliphatic rings. The second-order valence-corrected chi connectivity index (χ2v) is 5.92. The lowest BCUT2D eigenvalue weighted by molar-refractivity contribution is 0.100. The Labute approximate surface area is 147 Å². The Kier molecular flexibility index (Phi) is 4.84. The highest BCUT2D eigenvalue weighted by Gasteiger charge is 2.18. The molecule has 0 heterocycles. The minimum absolute atomic E-state index is 0.236. The molecule has 0 unspecified atom stereocenters. The van der Waals surface area contributed by atoms with Gasteiger partial charge in [0.2, 0.25) is 0 Å². The number of nitrogens with two attached hydrogens (primary N) is 2. The zero-order chi connectivity index (χ0) is 17.8. The highest BCUT2D eigenvalue weighted by molar-refractivity contribution is 6.02. The Morgan fingerprint density at radius 2 is 1.92 bits per heavy atom. The van der Waals surface area contributed by atoms with E-state index in [-0.39, 0.29) is 5.96 Å². The van der Waals surface area contributed by atoms with Crippen LogP contribution < -0.4 is 16.2 Å². The first-order valence-electron chi connectivity index (χ1n) is 8.21. The smallest absolute Gasteiger partial charge is 0.280 e.